The number of nitrogens with zero attached hydrogens (tertiary/aromatic N) is 1. The molecule has 4 unspecified atom stereocenters. The van der Waals surface area contributed by atoms with E-state index in [1.54, 1.807) is 13.8 Å². The molecule has 4 fully saturated rings. The fraction of sp³-hybridized carbons (Fsp3) is 0.680. The van der Waals surface area contributed by atoms with Gasteiger partial charge in [-0.15, -0.1) is 0 Å². The third-order valence-electron chi connectivity index (χ3n) is 8.13. The summed E-state index contributed by atoms with van der Waals surface area (Å²) < 4.78 is 64.4. The zero-order chi connectivity index (χ0) is 24.0. The van der Waals surface area contributed by atoms with Crippen LogP contribution in [0.1, 0.15) is 45.7 Å². The number of pyridine rings is 1. The molecule has 2 aliphatic heterocycles. The highest BCUT2D eigenvalue weighted by Crippen LogP contribution is 2.57. The fourth-order valence-electron chi connectivity index (χ4n) is 6.83. The molecule has 2 saturated heterocycles. The predicted octanol–water partition coefficient (Wildman–Crippen LogP) is 4.33. The maximum Gasteiger partial charge on any atom is 0.433 e. The maximum atomic E-state index is 13.5. The molecule has 34 heavy (non-hydrogen) atoms. The van der Waals surface area contributed by atoms with Gasteiger partial charge in [0.05, 0.1) is 6.10 Å². The second-order valence-electron chi connectivity index (χ2n) is 10.7. The van der Waals surface area contributed by atoms with Crippen LogP contribution in [0.15, 0.2) is 29.8 Å². The van der Waals surface area contributed by atoms with Gasteiger partial charge in [0.2, 0.25) is 5.88 Å². The lowest BCUT2D eigenvalue weighted by molar-refractivity contribution is -0.164. The first-order valence-corrected chi connectivity index (χ1v) is 12.0. The van der Waals surface area contributed by atoms with Gasteiger partial charge in [0.15, 0.2) is 17.7 Å². The van der Waals surface area contributed by atoms with E-state index in [-0.39, 0.29) is 23.5 Å². The zero-order valence-corrected chi connectivity index (χ0v) is 19.2. The Hall–Kier alpha value is -1.97. The summed E-state index contributed by atoms with van der Waals surface area (Å²) >= 11 is 0. The van der Waals surface area contributed by atoms with Crippen LogP contribution in [0.25, 0.3) is 0 Å². The van der Waals surface area contributed by atoms with Crippen LogP contribution in [-0.4, -0.2) is 47.1 Å². The van der Waals surface area contributed by atoms with Crippen LogP contribution in [0.2, 0.25) is 0 Å². The number of Topliss-reactive ketones (excluding diaryl/α,β-unsaturated/α-hetero) is 1. The second-order valence-corrected chi connectivity index (χ2v) is 10.7. The van der Waals surface area contributed by atoms with Gasteiger partial charge in [0, 0.05) is 17.6 Å². The Bertz CT molecular complexity index is 1040. The van der Waals surface area contributed by atoms with Crippen molar-refractivity contribution in [2.75, 3.05) is 0 Å². The van der Waals surface area contributed by atoms with E-state index in [1.807, 2.05) is 13.0 Å². The minimum atomic E-state index is -4.60. The van der Waals surface area contributed by atoms with Crippen molar-refractivity contribution >= 4 is 5.78 Å². The lowest BCUT2D eigenvalue weighted by atomic mass is 9.80. The van der Waals surface area contributed by atoms with Crippen molar-refractivity contribution in [2.45, 2.75) is 82.5 Å². The molecule has 9 atom stereocenters. The van der Waals surface area contributed by atoms with Crippen LogP contribution in [-0.2, 0) is 25.2 Å². The van der Waals surface area contributed by atoms with Gasteiger partial charge in [-0.05, 0) is 63.9 Å². The predicted molar refractivity (Wildman–Crippen MR) is 113 cm³/mol. The summed E-state index contributed by atoms with van der Waals surface area (Å²) in [7, 11) is 0. The number of halogens is 3. The molecule has 2 bridgehead atoms. The van der Waals surface area contributed by atoms with Crippen molar-refractivity contribution < 1.29 is 36.9 Å². The number of hydrogen-bond donors (Lipinski definition) is 0. The molecule has 0 amide bonds. The summed E-state index contributed by atoms with van der Waals surface area (Å²) in [6.45, 7) is 5.40. The van der Waals surface area contributed by atoms with Crippen LogP contribution in [0.3, 0.4) is 0 Å². The largest absolute Gasteiger partial charge is 0.468 e. The van der Waals surface area contributed by atoms with E-state index in [4.69, 9.17) is 18.9 Å². The van der Waals surface area contributed by atoms with Gasteiger partial charge >= 0.3 is 6.18 Å². The molecule has 0 aromatic carbocycles. The smallest absolute Gasteiger partial charge is 0.433 e. The summed E-state index contributed by atoms with van der Waals surface area (Å²) in [6.07, 6.45) is -2.43. The van der Waals surface area contributed by atoms with Gasteiger partial charge in [-0.3, -0.25) is 4.79 Å². The van der Waals surface area contributed by atoms with E-state index in [0.29, 0.717) is 17.4 Å². The topological polar surface area (TPSA) is 66.9 Å². The lowest BCUT2D eigenvalue weighted by Crippen LogP contribution is -2.58. The molecular formula is C25H28F3NO5. The molecule has 6 nitrogen and oxygen atoms in total. The van der Waals surface area contributed by atoms with Gasteiger partial charge in [-0.1, -0.05) is 12.1 Å². The van der Waals surface area contributed by atoms with Gasteiger partial charge in [-0.2, -0.15) is 13.2 Å². The van der Waals surface area contributed by atoms with Crippen molar-refractivity contribution in [3.63, 3.8) is 0 Å². The summed E-state index contributed by atoms with van der Waals surface area (Å²) in [5, 5.41) is 0. The van der Waals surface area contributed by atoms with Crippen LogP contribution < -0.4 is 4.74 Å². The Morgan fingerprint density at radius 1 is 1.12 bits per heavy atom. The molecule has 1 aromatic rings. The van der Waals surface area contributed by atoms with Gasteiger partial charge in [-0.25, -0.2) is 4.98 Å². The number of ketones is 1. The van der Waals surface area contributed by atoms with Crippen molar-refractivity contribution in [2.24, 2.45) is 23.7 Å². The standard InChI is InChI=1S/C25H28F3NO5/c1-11-20-23(34-24(2,3)33-20)22(32-17-6-4-5-16(29-17)25(26,27)28)21(31-11)15-10-14-12-7-8-13(9-12)18(14)19(15)30/h4-6,10-14,18,20-23H,7-9H2,1-3H3/t11-,12?,13?,14?,18?,20+,21-,22+,23+/m1/s1. The molecule has 0 spiro atoms. The Kier molecular flexibility index (Phi) is 4.97. The number of rotatable bonds is 3. The van der Waals surface area contributed by atoms with Crippen LogP contribution in [0.4, 0.5) is 13.2 Å². The number of ether oxygens (including phenoxy) is 4. The zero-order valence-electron chi connectivity index (χ0n) is 19.2. The highest BCUT2D eigenvalue weighted by Gasteiger charge is 2.60. The normalized spacial score (nSPS) is 42.5. The van der Waals surface area contributed by atoms with Gasteiger partial charge < -0.3 is 18.9 Å². The Labute approximate surface area is 195 Å². The number of carbonyl (C=O) groups is 1. The number of hydrogen-bond acceptors (Lipinski definition) is 6. The van der Waals surface area contributed by atoms with Gasteiger partial charge in [0.25, 0.3) is 0 Å². The van der Waals surface area contributed by atoms with Crippen LogP contribution >= 0.6 is 0 Å². The Morgan fingerprint density at radius 3 is 2.59 bits per heavy atom. The monoisotopic (exact) mass is 479 g/mol. The van der Waals surface area contributed by atoms with Crippen molar-refractivity contribution in [3.8, 4) is 5.88 Å². The molecule has 9 heteroatoms. The first-order valence-electron chi connectivity index (χ1n) is 12.0. The quantitative estimate of drug-likeness (QED) is 0.643. The minimum Gasteiger partial charge on any atom is -0.468 e. The van der Waals surface area contributed by atoms with Crippen LogP contribution in [0, 0.1) is 23.7 Å². The Morgan fingerprint density at radius 2 is 1.85 bits per heavy atom. The summed E-state index contributed by atoms with van der Waals surface area (Å²) in [5.41, 5.74) is -0.489. The number of alkyl halides is 3. The number of carbonyl (C=O) groups excluding carboxylic acids is 1. The maximum absolute atomic E-state index is 13.5. The number of fused-ring (bicyclic) bond motifs is 6. The lowest BCUT2D eigenvalue weighted by Gasteiger charge is -2.41. The SMILES string of the molecule is C[C@H]1O[C@H](C2=CC3C4CCC(C4)C3C2=O)[C@H](Oc2cccc(C(F)(F)F)n2)[C@H]2OC(C)(C)O[C@H]21. The minimum absolute atomic E-state index is 0.0186. The molecular weight excluding hydrogens is 451 g/mol. The molecule has 0 N–H and O–H groups in total. The first kappa shape index (κ1) is 22.5. The number of allylic oxidation sites excluding steroid dienone is 1. The van der Waals surface area contributed by atoms with Crippen LogP contribution in [0.5, 0.6) is 5.88 Å². The molecule has 5 aliphatic rings. The average molecular weight is 479 g/mol. The van der Waals surface area contributed by atoms with Crippen molar-refractivity contribution in [1.29, 1.82) is 0 Å². The molecule has 1 aromatic heterocycles. The molecule has 6 rings (SSSR count). The average Bonchev–Trinajstić information content (AvgIpc) is 3.51. The molecule has 2 saturated carbocycles. The molecule has 184 valence electrons. The summed E-state index contributed by atoms with van der Waals surface area (Å²) in [5.74, 6) is 0.0727. The molecule has 3 heterocycles. The number of aromatic nitrogens is 1. The van der Waals surface area contributed by atoms with E-state index in [0.717, 1.165) is 25.3 Å². The first-order chi connectivity index (χ1) is 16.0. The van der Waals surface area contributed by atoms with E-state index in [2.05, 4.69) is 4.98 Å². The third kappa shape index (κ3) is 3.50. The second kappa shape index (κ2) is 7.51. The van der Waals surface area contributed by atoms with E-state index in [1.165, 1.54) is 12.1 Å². The van der Waals surface area contributed by atoms with Gasteiger partial charge in [0.1, 0.15) is 24.0 Å². The molecule has 3 aliphatic carbocycles. The molecule has 0 radical (unpaired) electrons. The van der Waals surface area contributed by atoms with Crippen molar-refractivity contribution in [3.05, 3.63) is 35.5 Å². The Balaban J connectivity index is 1.36. The summed E-state index contributed by atoms with van der Waals surface area (Å²) in [4.78, 5) is 17.2. The van der Waals surface area contributed by atoms with Crippen molar-refractivity contribution in [1.82, 2.24) is 4.98 Å². The fourth-order valence-corrected chi connectivity index (χ4v) is 6.83. The highest BCUT2D eigenvalue weighted by molar-refractivity contribution is 6.01. The summed E-state index contributed by atoms with van der Waals surface area (Å²) in [6, 6.07) is 3.52. The van der Waals surface area contributed by atoms with E-state index in [9.17, 15) is 18.0 Å². The van der Waals surface area contributed by atoms with E-state index < -0.39 is 48.2 Å². The van der Waals surface area contributed by atoms with E-state index >= 15 is 0 Å². The highest BCUT2D eigenvalue weighted by atomic mass is 19.4. The third-order valence-corrected chi connectivity index (χ3v) is 8.13.